The van der Waals surface area contributed by atoms with Crippen LogP contribution in [0.1, 0.15) is 11.4 Å². The first kappa shape index (κ1) is 11.7. The van der Waals surface area contributed by atoms with E-state index < -0.39 is 4.92 Å². The van der Waals surface area contributed by atoms with Crippen LogP contribution in [0, 0.1) is 24.0 Å². The van der Waals surface area contributed by atoms with Crippen LogP contribution in [0.25, 0.3) is 0 Å². The zero-order chi connectivity index (χ0) is 12.4. The molecule has 1 aromatic heterocycles. The molecule has 0 saturated carbocycles. The lowest BCUT2D eigenvalue weighted by atomic mass is 10.3. The maximum atomic E-state index is 10.5. The third-order valence-electron chi connectivity index (χ3n) is 2.33. The average Bonchev–Trinajstić information content (AvgIpc) is 2.61. The molecule has 0 radical (unpaired) electrons. The van der Waals surface area contributed by atoms with Gasteiger partial charge in [-0.2, -0.15) is 5.10 Å². The first-order chi connectivity index (χ1) is 8.08. The molecular formula is C11H11N3O2S. The molecule has 0 bridgehead atoms. The van der Waals surface area contributed by atoms with E-state index in [9.17, 15) is 10.1 Å². The van der Waals surface area contributed by atoms with E-state index in [1.54, 1.807) is 23.9 Å². The summed E-state index contributed by atoms with van der Waals surface area (Å²) in [6.45, 7) is 3.88. The van der Waals surface area contributed by atoms with Gasteiger partial charge in [0.25, 0.3) is 5.69 Å². The Morgan fingerprint density at radius 2 is 1.94 bits per heavy atom. The van der Waals surface area contributed by atoms with Gasteiger partial charge in [-0.1, -0.05) is 11.8 Å². The van der Waals surface area contributed by atoms with Crippen LogP contribution >= 0.6 is 11.8 Å². The lowest BCUT2D eigenvalue weighted by molar-refractivity contribution is -0.384. The fraction of sp³-hybridized carbons (Fsp3) is 0.182. The van der Waals surface area contributed by atoms with Crippen LogP contribution in [0.15, 0.2) is 34.1 Å². The summed E-state index contributed by atoms with van der Waals surface area (Å²) in [4.78, 5) is 12.2. The Morgan fingerprint density at radius 3 is 2.41 bits per heavy atom. The molecule has 0 aliphatic carbocycles. The Labute approximate surface area is 102 Å². The van der Waals surface area contributed by atoms with Crippen LogP contribution in [0.3, 0.4) is 0 Å². The molecular weight excluding hydrogens is 238 g/mol. The van der Waals surface area contributed by atoms with Crippen molar-refractivity contribution in [2.75, 3.05) is 0 Å². The fourth-order valence-electron chi connectivity index (χ4n) is 1.44. The number of benzene rings is 1. The number of nitrogens with one attached hydrogen (secondary N) is 1. The zero-order valence-corrected chi connectivity index (χ0v) is 10.2. The van der Waals surface area contributed by atoms with Crippen molar-refractivity contribution in [2.24, 2.45) is 0 Å². The van der Waals surface area contributed by atoms with Crippen LogP contribution < -0.4 is 0 Å². The van der Waals surface area contributed by atoms with Crippen molar-refractivity contribution in [3.8, 4) is 0 Å². The summed E-state index contributed by atoms with van der Waals surface area (Å²) >= 11 is 1.55. The van der Waals surface area contributed by atoms with E-state index in [-0.39, 0.29) is 5.69 Å². The molecule has 5 nitrogen and oxygen atoms in total. The van der Waals surface area contributed by atoms with Crippen molar-refractivity contribution in [3.63, 3.8) is 0 Å². The van der Waals surface area contributed by atoms with Crippen LogP contribution in [-0.4, -0.2) is 15.1 Å². The van der Waals surface area contributed by atoms with Crippen molar-refractivity contribution in [3.05, 3.63) is 45.8 Å². The summed E-state index contributed by atoms with van der Waals surface area (Å²) < 4.78 is 0. The highest BCUT2D eigenvalue weighted by Gasteiger charge is 2.09. The van der Waals surface area contributed by atoms with E-state index >= 15 is 0 Å². The molecule has 0 amide bonds. The van der Waals surface area contributed by atoms with Crippen molar-refractivity contribution in [2.45, 2.75) is 23.6 Å². The Kier molecular flexibility index (Phi) is 3.14. The van der Waals surface area contributed by atoms with Crippen molar-refractivity contribution >= 4 is 17.4 Å². The summed E-state index contributed by atoms with van der Waals surface area (Å²) in [5, 5.41) is 17.5. The Bertz CT molecular complexity index is 529. The summed E-state index contributed by atoms with van der Waals surface area (Å²) in [6, 6.07) is 6.50. The minimum Gasteiger partial charge on any atom is -0.281 e. The third-order valence-corrected chi connectivity index (χ3v) is 3.64. The minimum absolute atomic E-state index is 0.106. The highest BCUT2D eigenvalue weighted by molar-refractivity contribution is 7.99. The Morgan fingerprint density at radius 1 is 1.29 bits per heavy atom. The smallest absolute Gasteiger partial charge is 0.269 e. The lowest BCUT2D eigenvalue weighted by Crippen LogP contribution is -1.86. The second-order valence-electron chi connectivity index (χ2n) is 3.62. The number of H-pyrrole nitrogens is 1. The predicted octanol–water partition coefficient (Wildman–Crippen LogP) is 3.09. The standard InChI is InChI=1S/C11H11N3O2S/c1-7-11(8(2)13-12-7)17-10-5-3-9(4-6-10)14(15)16/h3-6H,1-2H3,(H,12,13). The fourth-order valence-corrected chi connectivity index (χ4v) is 2.34. The summed E-state index contributed by atoms with van der Waals surface area (Å²) in [6.07, 6.45) is 0. The van der Waals surface area contributed by atoms with Gasteiger partial charge in [-0.05, 0) is 26.0 Å². The van der Waals surface area contributed by atoms with Crippen LogP contribution in [-0.2, 0) is 0 Å². The molecule has 88 valence electrons. The van der Waals surface area contributed by atoms with Gasteiger partial charge < -0.3 is 0 Å². The summed E-state index contributed by atoms with van der Waals surface area (Å²) in [5.41, 5.74) is 2.05. The van der Waals surface area contributed by atoms with Crippen LogP contribution in [0.4, 0.5) is 5.69 Å². The van der Waals surface area contributed by atoms with Crippen molar-refractivity contribution in [1.82, 2.24) is 10.2 Å². The average molecular weight is 249 g/mol. The molecule has 2 rings (SSSR count). The number of nitro groups is 1. The topological polar surface area (TPSA) is 71.8 Å². The lowest BCUT2D eigenvalue weighted by Gasteiger charge is -2.01. The van der Waals surface area contributed by atoms with Gasteiger partial charge in [0, 0.05) is 22.7 Å². The van der Waals surface area contributed by atoms with Gasteiger partial charge in [0.05, 0.1) is 15.5 Å². The predicted molar refractivity (Wildman–Crippen MR) is 65.3 cm³/mol. The highest BCUT2D eigenvalue weighted by Crippen LogP contribution is 2.32. The molecule has 2 aromatic rings. The van der Waals surface area contributed by atoms with E-state index in [1.165, 1.54) is 12.1 Å². The summed E-state index contributed by atoms with van der Waals surface area (Å²) in [7, 11) is 0. The molecule has 1 heterocycles. The van der Waals surface area contributed by atoms with Gasteiger partial charge in [0.15, 0.2) is 0 Å². The number of hydrogen-bond donors (Lipinski definition) is 1. The molecule has 6 heteroatoms. The SMILES string of the molecule is Cc1n[nH]c(C)c1Sc1ccc([N+](=O)[O-])cc1. The van der Waals surface area contributed by atoms with Gasteiger partial charge in [0.2, 0.25) is 0 Å². The largest absolute Gasteiger partial charge is 0.281 e. The Hall–Kier alpha value is -1.82. The quantitative estimate of drug-likeness (QED) is 0.670. The van der Waals surface area contributed by atoms with E-state index in [0.29, 0.717) is 0 Å². The number of hydrogen-bond acceptors (Lipinski definition) is 4. The first-order valence-electron chi connectivity index (χ1n) is 5.02. The molecule has 0 saturated heterocycles. The van der Waals surface area contributed by atoms with Crippen LogP contribution in [0.2, 0.25) is 0 Å². The van der Waals surface area contributed by atoms with Gasteiger partial charge in [-0.3, -0.25) is 15.2 Å². The summed E-state index contributed by atoms with van der Waals surface area (Å²) in [5.74, 6) is 0. The second kappa shape index (κ2) is 4.58. The Balaban J connectivity index is 2.22. The number of aromatic nitrogens is 2. The zero-order valence-electron chi connectivity index (χ0n) is 9.43. The number of rotatable bonds is 3. The highest BCUT2D eigenvalue weighted by atomic mass is 32.2. The van der Waals surface area contributed by atoms with E-state index in [0.717, 1.165) is 21.2 Å². The molecule has 0 fully saturated rings. The third kappa shape index (κ3) is 2.47. The second-order valence-corrected chi connectivity index (χ2v) is 4.70. The van der Waals surface area contributed by atoms with Crippen molar-refractivity contribution in [1.29, 1.82) is 0 Å². The number of aromatic amines is 1. The van der Waals surface area contributed by atoms with E-state index in [1.807, 2.05) is 13.8 Å². The number of nitro benzene ring substituents is 1. The molecule has 0 aliphatic rings. The first-order valence-corrected chi connectivity index (χ1v) is 5.83. The minimum atomic E-state index is -0.400. The monoisotopic (exact) mass is 249 g/mol. The normalized spacial score (nSPS) is 10.5. The molecule has 0 aliphatic heterocycles. The number of non-ortho nitro benzene ring substituents is 1. The van der Waals surface area contributed by atoms with E-state index in [2.05, 4.69) is 10.2 Å². The molecule has 0 atom stereocenters. The maximum absolute atomic E-state index is 10.5. The molecule has 1 aromatic carbocycles. The van der Waals surface area contributed by atoms with Gasteiger partial charge >= 0.3 is 0 Å². The van der Waals surface area contributed by atoms with Gasteiger partial charge in [-0.25, -0.2) is 0 Å². The maximum Gasteiger partial charge on any atom is 0.269 e. The molecule has 17 heavy (non-hydrogen) atoms. The van der Waals surface area contributed by atoms with Gasteiger partial charge in [-0.15, -0.1) is 0 Å². The molecule has 0 unspecified atom stereocenters. The van der Waals surface area contributed by atoms with Gasteiger partial charge in [0.1, 0.15) is 0 Å². The van der Waals surface area contributed by atoms with Crippen LogP contribution in [0.5, 0.6) is 0 Å². The number of nitrogens with zero attached hydrogens (tertiary/aromatic N) is 2. The molecule has 0 spiro atoms. The van der Waals surface area contributed by atoms with E-state index in [4.69, 9.17) is 0 Å². The van der Waals surface area contributed by atoms with Crippen molar-refractivity contribution < 1.29 is 4.92 Å². The molecule has 1 N–H and O–H groups in total. The number of aryl methyl sites for hydroxylation is 2.